The maximum atomic E-state index is 13.5. The van der Waals surface area contributed by atoms with Crippen LogP contribution in [0.1, 0.15) is 11.1 Å². The van der Waals surface area contributed by atoms with Crippen molar-refractivity contribution in [3.63, 3.8) is 0 Å². The lowest BCUT2D eigenvalue weighted by Crippen LogP contribution is -2.20. The molecule has 1 amide bonds. The van der Waals surface area contributed by atoms with Crippen LogP contribution in [0, 0.1) is 19.7 Å². The molecule has 2 aromatic heterocycles. The second-order valence-corrected chi connectivity index (χ2v) is 7.74. The van der Waals surface area contributed by atoms with E-state index in [1.807, 2.05) is 32.0 Å². The summed E-state index contributed by atoms with van der Waals surface area (Å²) in [4.78, 5) is 17.0. The van der Waals surface area contributed by atoms with E-state index < -0.39 is 0 Å². The van der Waals surface area contributed by atoms with Crippen LogP contribution in [-0.2, 0) is 11.3 Å². The minimum atomic E-state index is -0.369. The number of amides is 1. The van der Waals surface area contributed by atoms with Crippen LogP contribution < -0.4 is 5.32 Å². The van der Waals surface area contributed by atoms with Crippen LogP contribution in [0.15, 0.2) is 63.7 Å². The predicted octanol–water partition coefficient (Wildman–Crippen LogP) is 5.36. The third-order valence-electron chi connectivity index (χ3n) is 4.71. The molecular weight excluding hydrogens is 451 g/mol. The number of anilines is 1. The van der Waals surface area contributed by atoms with Crippen LogP contribution in [0.5, 0.6) is 0 Å². The molecule has 8 heteroatoms. The predicted molar refractivity (Wildman–Crippen MR) is 115 cm³/mol. The first-order valence-corrected chi connectivity index (χ1v) is 10.0. The highest BCUT2D eigenvalue weighted by molar-refractivity contribution is 9.10. The molecule has 2 heterocycles. The van der Waals surface area contributed by atoms with E-state index in [-0.39, 0.29) is 24.2 Å². The lowest BCUT2D eigenvalue weighted by molar-refractivity contribution is -0.116. The molecule has 0 atom stereocenters. The smallest absolute Gasteiger partial charge is 0.274 e. The van der Waals surface area contributed by atoms with Crippen LogP contribution in [0.4, 0.5) is 10.1 Å². The number of para-hydroxylation sites is 1. The van der Waals surface area contributed by atoms with Gasteiger partial charge < -0.3 is 14.4 Å². The van der Waals surface area contributed by atoms with Crippen molar-refractivity contribution in [2.75, 3.05) is 5.32 Å². The summed E-state index contributed by atoms with van der Waals surface area (Å²) in [6.45, 7) is 4.00. The molecule has 152 valence electrons. The van der Waals surface area contributed by atoms with E-state index in [2.05, 4.69) is 31.4 Å². The van der Waals surface area contributed by atoms with Crippen molar-refractivity contribution in [3.8, 4) is 23.0 Å². The SMILES string of the molecule is Cc1cccc(C)c1NC(=O)Cn1cccc1-c1nc(-c2ccc(F)c(Br)c2)no1. The third-order valence-corrected chi connectivity index (χ3v) is 5.32. The molecule has 4 rings (SSSR count). The zero-order chi connectivity index (χ0) is 21.3. The number of aromatic nitrogens is 3. The molecule has 4 aromatic rings. The number of carbonyl (C=O) groups excluding carboxylic acids is 1. The van der Waals surface area contributed by atoms with Gasteiger partial charge in [-0.15, -0.1) is 0 Å². The molecule has 2 aromatic carbocycles. The van der Waals surface area contributed by atoms with E-state index in [0.29, 0.717) is 21.6 Å². The van der Waals surface area contributed by atoms with Crippen LogP contribution in [0.2, 0.25) is 0 Å². The van der Waals surface area contributed by atoms with Crippen molar-refractivity contribution < 1.29 is 13.7 Å². The molecular formula is C22H18BrFN4O2. The average molecular weight is 469 g/mol. The van der Waals surface area contributed by atoms with Crippen molar-refractivity contribution >= 4 is 27.5 Å². The Morgan fingerprint density at radius 2 is 1.93 bits per heavy atom. The van der Waals surface area contributed by atoms with Crippen molar-refractivity contribution in [2.45, 2.75) is 20.4 Å². The topological polar surface area (TPSA) is 73.0 Å². The molecule has 0 saturated carbocycles. The van der Waals surface area contributed by atoms with Gasteiger partial charge in [0, 0.05) is 17.4 Å². The molecule has 0 radical (unpaired) electrons. The zero-order valence-electron chi connectivity index (χ0n) is 16.3. The summed E-state index contributed by atoms with van der Waals surface area (Å²) in [7, 11) is 0. The molecule has 0 spiro atoms. The molecule has 0 unspecified atom stereocenters. The lowest BCUT2D eigenvalue weighted by atomic mass is 10.1. The number of nitrogens with zero attached hydrogens (tertiary/aromatic N) is 3. The Balaban J connectivity index is 1.54. The maximum Gasteiger partial charge on any atom is 0.274 e. The van der Waals surface area contributed by atoms with Crippen molar-refractivity contribution in [2.24, 2.45) is 0 Å². The van der Waals surface area contributed by atoms with Crippen LogP contribution in [0.3, 0.4) is 0 Å². The van der Waals surface area contributed by atoms with Gasteiger partial charge in [-0.05, 0) is 71.2 Å². The number of carbonyl (C=O) groups is 1. The lowest BCUT2D eigenvalue weighted by Gasteiger charge is -2.12. The first-order valence-electron chi connectivity index (χ1n) is 9.23. The van der Waals surface area contributed by atoms with Crippen molar-refractivity contribution in [1.82, 2.24) is 14.7 Å². The fraction of sp³-hybridized carbons (Fsp3) is 0.136. The van der Waals surface area contributed by atoms with Gasteiger partial charge >= 0.3 is 0 Å². The Morgan fingerprint density at radius 3 is 2.67 bits per heavy atom. The molecule has 0 fully saturated rings. The summed E-state index contributed by atoms with van der Waals surface area (Å²) in [5.41, 5.74) is 4.06. The number of nitrogens with one attached hydrogen (secondary N) is 1. The Labute approximate surface area is 180 Å². The summed E-state index contributed by atoms with van der Waals surface area (Å²) in [6.07, 6.45) is 1.78. The van der Waals surface area contributed by atoms with Gasteiger partial charge in [0.15, 0.2) is 0 Å². The number of rotatable bonds is 5. The van der Waals surface area contributed by atoms with Gasteiger partial charge in [-0.2, -0.15) is 4.98 Å². The molecule has 6 nitrogen and oxygen atoms in total. The highest BCUT2D eigenvalue weighted by atomic mass is 79.9. The number of hydrogen-bond donors (Lipinski definition) is 1. The van der Waals surface area contributed by atoms with Crippen LogP contribution in [0.25, 0.3) is 23.0 Å². The molecule has 0 aliphatic carbocycles. The fourth-order valence-electron chi connectivity index (χ4n) is 3.17. The van der Waals surface area contributed by atoms with Crippen molar-refractivity contribution in [3.05, 3.63) is 76.1 Å². The summed E-state index contributed by atoms with van der Waals surface area (Å²) in [5.74, 6) is 0.0760. The second kappa shape index (κ2) is 8.23. The summed E-state index contributed by atoms with van der Waals surface area (Å²) < 4.78 is 20.9. The molecule has 0 aliphatic rings. The van der Waals surface area contributed by atoms with E-state index in [9.17, 15) is 9.18 Å². The standard InChI is InChI=1S/C22H18BrFN4O2/c1-13-5-3-6-14(2)20(13)25-19(29)12-28-10-4-7-18(28)22-26-21(27-30-22)15-8-9-17(24)16(23)11-15/h3-11H,12H2,1-2H3,(H,25,29). The van der Waals surface area contributed by atoms with E-state index in [4.69, 9.17) is 4.52 Å². The Hall–Kier alpha value is -3.26. The number of benzene rings is 2. The first-order chi connectivity index (χ1) is 14.4. The average Bonchev–Trinajstić information content (AvgIpc) is 3.36. The first kappa shape index (κ1) is 20.0. The Bertz CT molecular complexity index is 1210. The van der Waals surface area contributed by atoms with Crippen LogP contribution >= 0.6 is 15.9 Å². The van der Waals surface area contributed by atoms with Gasteiger partial charge in [-0.3, -0.25) is 4.79 Å². The Kier molecular flexibility index (Phi) is 5.50. The molecule has 0 aliphatic heterocycles. The minimum Gasteiger partial charge on any atom is -0.334 e. The third kappa shape index (κ3) is 4.04. The maximum absolute atomic E-state index is 13.5. The van der Waals surface area contributed by atoms with Gasteiger partial charge in [0.05, 0.1) is 4.47 Å². The van der Waals surface area contributed by atoms with Gasteiger partial charge in [-0.1, -0.05) is 23.4 Å². The molecule has 1 N–H and O–H groups in total. The van der Waals surface area contributed by atoms with Gasteiger partial charge in [0.1, 0.15) is 18.1 Å². The van der Waals surface area contributed by atoms with Crippen LogP contribution in [-0.4, -0.2) is 20.6 Å². The van der Waals surface area contributed by atoms with E-state index in [0.717, 1.165) is 16.8 Å². The molecule has 0 bridgehead atoms. The zero-order valence-corrected chi connectivity index (χ0v) is 17.9. The molecule has 30 heavy (non-hydrogen) atoms. The fourth-order valence-corrected chi connectivity index (χ4v) is 3.55. The summed E-state index contributed by atoms with van der Waals surface area (Å²) in [5, 5.41) is 6.95. The van der Waals surface area contributed by atoms with E-state index >= 15 is 0 Å². The highest BCUT2D eigenvalue weighted by Gasteiger charge is 2.17. The van der Waals surface area contributed by atoms with Gasteiger partial charge in [-0.25, -0.2) is 4.39 Å². The monoisotopic (exact) mass is 468 g/mol. The Morgan fingerprint density at radius 1 is 1.17 bits per heavy atom. The second-order valence-electron chi connectivity index (χ2n) is 6.89. The van der Waals surface area contributed by atoms with Crippen molar-refractivity contribution in [1.29, 1.82) is 0 Å². The van der Waals surface area contributed by atoms with E-state index in [1.165, 1.54) is 6.07 Å². The summed E-state index contributed by atoms with van der Waals surface area (Å²) >= 11 is 3.16. The van der Waals surface area contributed by atoms with E-state index in [1.54, 1.807) is 35.0 Å². The number of hydrogen-bond acceptors (Lipinski definition) is 4. The number of aryl methyl sites for hydroxylation is 2. The largest absolute Gasteiger partial charge is 0.334 e. The number of halogens is 2. The highest BCUT2D eigenvalue weighted by Crippen LogP contribution is 2.26. The van der Waals surface area contributed by atoms with Gasteiger partial charge in [0.25, 0.3) is 5.89 Å². The van der Waals surface area contributed by atoms with Gasteiger partial charge in [0.2, 0.25) is 11.7 Å². The minimum absolute atomic E-state index is 0.0932. The quantitative estimate of drug-likeness (QED) is 0.427. The summed E-state index contributed by atoms with van der Waals surface area (Å²) in [6, 6.07) is 14.0. The molecule has 0 saturated heterocycles. The normalized spacial score (nSPS) is 10.9.